The van der Waals surface area contributed by atoms with Crippen molar-refractivity contribution in [1.29, 1.82) is 0 Å². The molecule has 1 saturated carbocycles. The van der Waals surface area contributed by atoms with Gasteiger partial charge >= 0.3 is 0 Å². The van der Waals surface area contributed by atoms with Crippen LogP contribution in [0.4, 0.5) is 14.5 Å². The van der Waals surface area contributed by atoms with Crippen molar-refractivity contribution < 1.29 is 8.78 Å². The summed E-state index contributed by atoms with van der Waals surface area (Å²) in [4.78, 5) is 0. The SMILES string of the molecule is CC(Nc1cc(F)c(Br)cc1F)C1CCCCC1. The van der Waals surface area contributed by atoms with Crippen LogP contribution in [0.25, 0.3) is 0 Å². The molecule has 0 aliphatic heterocycles. The minimum Gasteiger partial charge on any atom is -0.380 e. The highest BCUT2D eigenvalue weighted by molar-refractivity contribution is 9.10. The van der Waals surface area contributed by atoms with E-state index in [9.17, 15) is 8.78 Å². The van der Waals surface area contributed by atoms with E-state index in [1.54, 1.807) is 0 Å². The van der Waals surface area contributed by atoms with E-state index in [1.807, 2.05) is 0 Å². The Morgan fingerprint density at radius 1 is 1.17 bits per heavy atom. The van der Waals surface area contributed by atoms with Crippen molar-refractivity contribution in [2.75, 3.05) is 5.32 Å². The Kier molecular flexibility index (Phi) is 4.60. The highest BCUT2D eigenvalue weighted by Crippen LogP contribution is 2.30. The molecular formula is C14H18BrF2N. The zero-order chi connectivity index (χ0) is 13.1. The lowest BCUT2D eigenvalue weighted by Gasteiger charge is -2.29. The number of halogens is 3. The summed E-state index contributed by atoms with van der Waals surface area (Å²) in [5.41, 5.74) is 0.258. The summed E-state index contributed by atoms with van der Waals surface area (Å²) in [5.74, 6) is -0.287. The molecule has 1 fully saturated rings. The Labute approximate surface area is 115 Å². The first-order chi connectivity index (χ1) is 8.58. The van der Waals surface area contributed by atoms with E-state index in [2.05, 4.69) is 28.2 Å². The molecule has 0 bridgehead atoms. The lowest BCUT2D eigenvalue weighted by atomic mass is 9.84. The van der Waals surface area contributed by atoms with Gasteiger partial charge in [0.05, 0.1) is 10.2 Å². The number of nitrogens with one attached hydrogen (secondary N) is 1. The lowest BCUT2D eigenvalue weighted by molar-refractivity contribution is 0.328. The van der Waals surface area contributed by atoms with E-state index >= 15 is 0 Å². The third kappa shape index (κ3) is 3.22. The zero-order valence-corrected chi connectivity index (χ0v) is 12.1. The predicted octanol–water partition coefficient (Wildman–Crippen LogP) is 5.11. The standard InChI is InChI=1S/C14H18BrF2N/c1-9(10-5-3-2-4-6-10)18-14-8-12(16)11(15)7-13(14)17/h7-10,18H,2-6H2,1H3. The number of hydrogen-bond donors (Lipinski definition) is 1. The molecule has 1 N–H and O–H groups in total. The molecule has 0 saturated heterocycles. The van der Waals surface area contributed by atoms with Gasteiger partial charge in [0.1, 0.15) is 11.6 Å². The quantitative estimate of drug-likeness (QED) is 0.764. The highest BCUT2D eigenvalue weighted by Gasteiger charge is 2.21. The second-order valence-electron chi connectivity index (χ2n) is 5.08. The molecule has 1 aromatic carbocycles. The molecule has 1 aliphatic carbocycles. The second kappa shape index (κ2) is 6.00. The van der Waals surface area contributed by atoms with Gasteiger partial charge in [0, 0.05) is 12.1 Å². The smallest absolute Gasteiger partial charge is 0.147 e. The fourth-order valence-electron chi connectivity index (χ4n) is 2.63. The first kappa shape index (κ1) is 13.8. The van der Waals surface area contributed by atoms with Gasteiger partial charge in [-0.2, -0.15) is 0 Å². The van der Waals surface area contributed by atoms with Crippen LogP contribution in [0.3, 0.4) is 0 Å². The Balaban J connectivity index is 2.06. The molecule has 0 aromatic heterocycles. The van der Waals surface area contributed by atoms with Gasteiger partial charge in [-0.15, -0.1) is 0 Å². The van der Waals surface area contributed by atoms with Gasteiger partial charge in [0.2, 0.25) is 0 Å². The maximum absolute atomic E-state index is 13.7. The zero-order valence-electron chi connectivity index (χ0n) is 10.5. The van der Waals surface area contributed by atoms with Crippen molar-refractivity contribution in [2.24, 2.45) is 5.92 Å². The summed E-state index contributed by atoms with van der Waals surface area (Å²) >= 11 is 2.98. The van der Waals surface area contributed by atoms with Crippen LogP contribution in [-0.4, -0.2) is 6.04 Å². The Morgan fingerprint density at radius 3 is 2.50 bits per heavy atom. The van der Waals surface area contributed by atoms with E-state index in [4.69, 9.17) is 0 Å². The van der Waals surface area contributed by atoms with Crippen LogP contribution in [0.2, 0.25) is 0 Å². The Hall–Kier alpha value is -0.640. The molecule has 1 aromatic rings. The average molecular weight is 318 g/mol. The Morgan fingerprint density at radius 2 is 1.83 bits per heavy atom. The highest BCUT2D eigenvalue weighted by atomic mass is 79.9. The third-order valence-electron chi connectivity index (χ3n) is 3.75. The minimum absolute atomic E-state index is 0.163. The summed E-state index contributed by atoms with van der Waals surface area (Å²) in [5, 5.41) is 3.11. The molecule has 0 spiro atoms. The van der Waals surface area contributed by atoms with Crippen LogP contribution >= 0.6 is 15.9 Å². The van der Waals surface area contributed by atoms with Crippen molar-refractivity contribution >= 4 is 21.6 Å². The van der Waals surface area contributed by atoms with Crippen molar-refractivity contribution in [3.05, 3.63) is 28.2 Å². The summed E-state index contributed by atoms with van der Waals surface area (Å²) < 4.78 is 27.3. The largest absolute Gasteiger partial charge is 0.380 e. The van der Waals surface area contributed by atoms with Gasteiger partial charge in [-0.05, 0) is 47.7 Å². The van der Waals surface area contributed by atoms with Crippen LogP contribution in [0, 0.1) is 17.6 Å². The molecule has 1 atom stereocenters. The van der Waals surface area contributed by atoms with Gasteiger partial charge in [-0.3, -0.25) is 0 Å². The molecule has 2 rings (SSSR count). The van der Waals surface area contributed by atoms with Gasteiger partial charge in [0.15, 0.2) is 0 Å². The molecular weight excluding hydrogens is 300 g/mol. The summed E-state index contributed by atoms with van der Waals surface area (Å²) in [6.07, 6.45) is 6.13. The molecule has 0 heterocycles. The van der Waals surface area contributed by atoms with Crippen LogP contribution in [0.1, 0.15) is 39.0 Å². The molecule has 1 nitrogen and oxygen atoms in total. The van der Waals surface area contributed by atoms with Crippen LogP contribution in [0.5, 0.6) is 0 Å². The normalized spacial score (nSPS) is 18.7. The van der Waals surface area contributed by atoms with E-state index in [1.165, 1.54) is 44.2 Å². The topological polar surface area (TPSA) is 12.0 Å². The maximum Gasteiger partial charge on any atom is 0.147 e. The summed E-state index contributed by atoms with van der Waals surface area (Å²) in [6.45, 7) is 2.05. The molecule has 100 valence electrons. The number of anilines is 1. The first-order valence-corrected chi connectivity index (χ1v) is 7.28. The molecule has 18 heavy (non-hydrogen) atoms. The maximum atomic E-state index is 13.7. The van der Waals surface area contributed by atoms with Gasteiger partial charge in [-0.25, -0.2) is 8.78 Å². The second-order valence-corrected chi connectivity index (χ2v) is 5.93. The minimum atomic E-state index is -0.435. The van der Waals surface area contributed by atoms with E-state index in [0.717, 1.165) is 0 Å². The van der Waals surface area contributed by atoms with Gasteiger partial charge in [0.25, 0.3) is 0 Å². The predicted molar refractivity (Wildman–Crippen MR) is 73.7 cm³/mol. The monoisotopic (exact) mass is 317 g/mol. The third-order valence-corrected chi connectivity index (χ3v) is 4.36. The molecule has 1 unspecified atom stereocenters. The van der Waals surface area contributed by atoms with Crippen molar-refractivity contribution in [1.82, 2.24) is 0 Å². The molecule has 1 aliphatic rings. The molecule has 0 amide bonds. The number of rotatable bonds is 3. The van der Waals surface area contributed by atoms with Crippen molar-refractivity contribution in [2.45, 2.75) is 45.1 Å². The van der Waals surface area contributed by atoms with Crippen LogP contribution < -0.4 is 5.32 Å². The summed E-state index contributed by atoms with van der Waals surface area (Å²) in [6, 6.07) is 2.57. The van der Waals surface area contributed by atoms with Crippen LogP contribution in [-0.2, 0) is 0 Å². The number of hydrogen-bond acceptors (Lipinski definition) is 1. The molecule has 0 radical (unpaired) electrons. The van der Waals surface area contributed by atoms with Crippen LogP contribution in [0.15, 0.2) is 16.6 Å². The van der Waals surface area contributed by atoms with Gasteiger partial charge < -0.3 is 5.32 Å². The van der Waals surface area contributed by atoms with E-state index < -0.39 is 11.6 Å². The fourth-order valence-corrected chi connectivity index (χ4v) is 2.95. The van der Waals surface area contributed by atoms with Crippen molar-refractivity contribution in [3.8, 4) is 0 Å². The van der Waals surface area contributed by atoms with E-state index in [0.29, 0.717) is 5.92 Å². The lowest BCUT2D eigenvalue weighted by Crippen LogP contribution is -2.28. The molecule has 4 heteroatoms. The Bertz CT molecular complexity index is 417. The first-order valence-electron chi connectivity index (χ1n) is 6.49. The van der Waals surface area contributed by atoms with Gasteiger partial charge in [-0.1, -0.05) is 19.3 Å². The average Bonchev–Trinajstić information content (AvgIpc) is 2.37. The van der Waals surface area contributed by atoms with Crippen molar-refractivity contribution in [3.63, 3.8) is 0 Å². The summed E-state index contributed by atoms with van der Waals surface area (Å²) in [7, 11) is 0. The fraction of sp³-hybridized carbons (Fsp3) is 0.571. The van der Waals surface area contributed by atoms with E-state index in [-0.39, 0.29) is 16.2 Å². The number of benzene rings is 1.